The Bertz CT molecular complexity index is 901. The lowest BCUT2D eigenvalue weighted by Gasteiger charge is -2.56. The van der Waals surface area contributed by atoms with Crippen LogP contribution in [0.25, 0.3) is 0 Å². The number of β-lactam (4-membered cyclic amide) rings is 1. The SMILES string of the molecule is C=S1CC(CSc2nnc(C)s2)C(C)N2C(=O)C(NC(=O)Cn3cnnn3)C21. The van der Waals surface area contributed by atoms with E-state index in [1.165, 1.54) is 11.0 Å². The Morgan fingerprint density at radius 2 is 2.32 bits per heavy atom. The Morgan fingerprint density at radius 3 is 3.00 bits per heavy atom. The molecule has 2 aliphatic rings. The third kappa shape index (κ3) is 3.70. The van der Waals surface area contributed by atoms with Crippen molar-refractivity contribution in [1.82, 2.24) is 40.6 Å². The van der Waals surface area contributed by atoms with Crippen LogP contribution in [0.1, 0.15) is 11.9 Å². The van der Waals surface area contributed by atoms with Crippen molar-refractivity contribution in [3.63, 3.8) is 0 Å². The van der Waals surface area contributed by atoms with Crippen molar-refractivity contribution >= 4 is 51.3 Å². The molecule has 0 aliphatic carbocycles. The smallest absolute Gasteiger partial charge is 0.249 e. The molecule has 0 saturated carbocycles. The quantitative estimate of drug-likeness (QED) is 0.379. The number of fused-ring (bicyclic) bond motifs is 1. The van der Waals surface area contributed by atoms with Gasteiger partial charge in [-0.3, -0.25) is 9.59 Å². The molecule has 28 heavy (non-hydrogen) atoms. The lowest BCUT2D eigenvalue weighted by Crippen LogP contribution is -2.74. The van der Waals surface area contributed by atoms with Gasteiger partial charge >= 0.3 is 0 Å². The molecule has 1 N–H and O–H groups in total. The van der Waals surface area contributed by atoms with Crippen LogP contribution in [-0.4, -0.2) is 82.0 Å². The highest BCUT2D eigenvalue weighted by molar-refractivity contribution is 8.14. The van der Waals surface area contributed by atoms with Gasteiger partial charge in [-0.25, -0.2) is 4.68 Å². The fourth-order valence-corrected chi connectivity index (χ4v) is 8.01. The summed E-state index contributed by atoms with van der Waals surface area (Å²) in [6.07, 6.45) is 1.37. The van der Waals surface area contributed by atoms with Crippen molar-refractivity contribution in [1.29, 1.82) is 0 Å². The van der Waals surface area contributed by atoms with Crippen LogP contribution in [0.5, 0.6) is 0 Å². The second-order valence-corrected chi connectivity index (χ2v) is 11.1. The predicted octanol–water partition coefficient (Wildman–Crippen LogP) is -0.00238. The number of hydrogen-bond acceptors (Lipinski definition) is 9. The van der Waals surface area contributed by atoms with Gasteiger partial charge in [0.15, 0.2) is 4.34 Å². The molecule has 4 heterocycles. The molecule has 2 aliphatic heterocycles. The number of aryl methyl sites for hydroxylation is 1. The van der Waals surface area contributed by atoms with Crippen LogP contribution in [0.4, 0.5) is 0 Å². The first-order valence-corrected chi connectivity index (χ1v) is 12.1. The number of hydrogen-bond donors (Lipinski definition) is 1. The maximum atomic E-state index is 12.7. The van der Waals surface area contributed by atoms with E-state index in [0.29, 0.717) is 5.92 Å². The molecule has 5 unspecified atom stereocenters. The molecule has 13 heteroatoms. The first-order valence-electron chi connectivity index (χ1n) is 8.68. The lowest BCUT2D eigenvalue weighted by molar-refractivity contribution is -0.153. The number of carbonyl (C=O) groups is 2. The highest BCUT2D eigenvalue weighted by atomic mass is 32.2. The molecule has 0 radical (unpaired) electrons. The van der Waals surface area contributed by atoms with Crippen LogP contribution >= 0.6 is 33.6 Å². The van der Waals surface area contributed by atoms with Gasteiger partial charge in [-0.1, -0.05) is 29.0 Å². The Hall–Kier alpha value is -1.86. The Morgan fingerprint density at radius 1 is 1.50 bits per heavy atom. The molecular weight excluding hydrogens is 420 g/mol. The molecule has 10 nitrogen and oxygen atoms in total. The minimum Gasteiger partial charge on any atom is -0.340 e. The summed E-state index contributed by atoms with van der Waals surface area (Å²) in [7, 11) is -0.240. The number of tetrazole rings is 1. The summed E-state index contributed by atoms with van der Waals surface area (Å²) in [4.78, 5) is 26.8. The summed E-state index contributed by atoms with van der Waals surface area (Å²) in [6, 6.07) is -0.399. The Labute approximate surface area is 172 Å². The van der Waals surface area contributed by atoms with Gasteiger partial charge in [-0.05, 0) is 35.9 Å². The molecule has 2 aromatic heterocycles. The van der Waals surface area contributed by atoms with E-state index in [1.54, 1.807) is 23.1 Å². The molecule has 150 valence electrons. The van der Waals surface area contributed by atoms with E-state index in [9.17, 15) is 9.59 Å². The van der Waals surface area contributed by atoms with Crippen LogP contribution in [0.15, 0.2) is 10.7 Å². The molecule has 0 spiro atoms. The second kappa shape index (κ2) is 7.87. The van der Waals surface area contributed by atoms with Gasteiger partial charge in [0, 0.05) is 11.8 Å². The van der Waals surface area contributed by atoms with Crippen LogP contribution in [0.3, 0.4) is 0 Å². The van der Waals surface area contributed by atoms with Crippen molar-refractivity contribution in [3.8, 4) is 0 Å². The van der Waals surface area contributed by atoms with Gasteiger partial charge in [0.05, 0.1) is 0 Å². The van der Waals surface area contributed by atoms with Crippen LogP contribution in [-0.2, 0) is 16.1 Å². The maximum absolute atomic E-state index is 12.7. The minimum absolute atomic E-state index is 0.00942. The first-order chi connectivity index (χ1) is 13.4. The van der Waals surface area contributed by atoms with Gasteiger partial charge in [-0.2, -0.15) is 10.5 Å². The third-order valence-electron chi connectivity index (χ3n) is 4.91. The van der Waals surface area contributed by atoms with E-state index in [0.717, 1.165) is 20.9 Å². The van der Waals surface area contributed by atoms with Crippen molar-refractivity contribution in [2.45, 2.75) is 42.2 Å². The molecule has 2 saturated heterocycles. The van der Waals surface area contributed by atoms with E-state index >= 15 is 0 Å². The molecule has 0 bridgehead atoms. The topological polar surface area (TPSA) is 119 Å². The second-order valence-electron chi connectivity index (χ2n) is 6.79. The van der Waals surface area contributed by atoms with E-state index in [2.05, 4.69) is 43.8 Å². The van der Waals surface area contributed by atoms with Gasteiger partial charge in [0.1, 0.15) is 29.3 Å². The van der Waals surface area contributed by atoms with Crippen LogP contribution < -0.4 is 5.32 Å². The van der Waals surface area contributed by atoms with Crippen LogP contribution in [0, 0.1) is 12.8 Å². The number of carbonyl (C=O) groups excluding carboxylic acids is 2. The number of nitrogens with one attached hydrogen (secondary N) is 1. The molecular formula is C15H20N8O2S3. The third-order valence-corrected chi connectivity index (χ3v) is 9.11. The van der Waals surface area contributed by atoms with Gasteiger partial charge in [-0.15, -0.1) is 15.3 Å². The molecule has 0 aromatic carbocycles. The van der Waals surface area contributed by atoms with Crippen molar-refractivity contribution in [3.05, 3.63) is 11.3 Å². The molecule has 2 fully saturated rings. The maximum Gasteiger partial charge on any atom is 0.249 e. The summed E-state index contributed by atoms with van der Waals surface area (Å²) in [5.41, 5.74) is 0. The zero-order chi connectivity index (χ0) is 19.8. The summed E-state index contributed by atoms with van der Waals surface area (Å²) in [5.74, 6) is 6.13. The normalized spacial score (nSPS) is 29.3. The molecule has 4 rings (SSSR count). The summed E-state index contributed by atoms with van der Waals surface area (Å²) in [5, 5.41) is 22.6. The zero-order valence-corrected chi connectivity index (χ0v) is 17.8. The highest BCUT2D eigenvalue weighted by Crippen LogP contribution is 2.45. The number of nitrogens with zero attached hydrogens (tertiary/aromatic N) is 7. The number of amides is 2. The van der Waals surface area contributed by atoms with Crippen molar-refractivity contribution in [2.75, 3.05) is 11.5 Å². The average molecular weight is 441 g/mol. The molecule has 2 amide bonds. The Balaban J connectivity index is 1.36. The molecule has 2 aromatic rings. The van der Waals surface area contributed by atoms with Crippen molar-refractivity contribution < 1.29 is 9.59 Å². The summed E-state index contributed by atoms with van der Waals surface area (Å²) < 4.78 is 2.28. The van der Waals surface area contributed by atoms with E-state index in [-0.39, 0.29) is 40.3 Å². The standard InChI is InChI=1S/C15H20N8O2S3/c1-8-10(5-26-15-19-18-9(2)27-15)6-28(3)14-12(13(25)23(8)14)17-11(24)4-22-7-16-20-21-22/h7-8,10,12,14H,3-6H2,1-2H3,(H,17,24). The van der Waals surface area contributed by atoms with E-state index in [4.69, 9.17) is 0 Å². The Kier molecular flexibility index (Phi) is 5.47. The minimum atomic E-state index is -0.508. The fraction of sp³-hybridized carbons (Fsp3) is 0.600. The number of thioether (sulfide) groups is 1. The average Bonchev–Trinajstić information content (AvgIpc) is 3.31. The predicted molar refractivity (Wildman–Crippen MR) is 108 cm³/mol. The van der Waals surface area contributed by atoms with Crippen molar-refractivity contribution in [2.24, 2.45) is 5.92 Å². The summed E-state index contributed by atoms with van der Waals surface area (Å²) in [6.45, 7) is 4.01. The van der Waals surface area contributed by atoms with E-state index in [1.807, 2.05) is 11.8 Å². The first kappa shape index (κ1) is 19.5. The van der Waals surface area contributed by atoms with Gasteiger partial charge in [0.2, 0.25) is 11.8 Å². The largest absolute Gasteiger partial charge is 0.340 e. The van der Waals surface area contributed by atoms with E-state index < -0.39 is 6.04 Å². The molecule has 5 atom stereocenters. The zero-order valence-electron chi connectivity index (χ0n) is 15.4. The fourth-order valence-electron chi connectivity index (χ4n) is 3.47. The van der Waals surface area contributed by atoms with Gasteiger partial charge < -0.3 is 10.2 Å². The lowest BCUT2D eigenvalue weighted by atomic mass is 9.96. The highest BCUT2D eigenvalue weighted by Gasteiger charge is 2.55. The van der Waals surface area contributed by atoms with Gasteiger partial charge in [0.25, 0.3) is 0 Å². The number of rotatable bonds is 6. The van der Waals surface area contributed by atoms with Crippen LogP contribution in [0.2, 0.25) is 0 Å². The number of aromatic nitrogens is 6. The summed E-state index contributed by atoms with van der Waals surface area (Å²) >= 11 is 3.27. The monoisotopic (exact) mass is 440 g/mol.